The van der Waals surface area contributed by atoms with Crippen LogP contribution in [0, 0.1) is 0 Å². The van der Waals surface area contributed by atoms with Crippen LogP contribution in [0.4, 0.5) is 9.59 Å². The summed E-state index contributed by atoms with van der Waals surface area (Å²) < 4.78 is 4.55. The Bertz CT molecular complexity index is 358. The van der Waals surface area contributed by atoms with Crippen molar-refractivity contribution in [1.82, 2.24) is 20.9 Å². The first-order valence-corrected chi connectivity index (χ1v) is 4.78. The predicted molar refractivity (Wildman–Crippen MR) is 51.1 cm³/mol. The van der Waals surface area contributed by atoms with Gasteiger partial charge in [-0.3, -0.25) is 4.90 Å². The van der Waals surface area contributed by atoms with E-state index in [1.54, 1.807) is 0 Å². The molecule has 2 saturated heterocycles. The van der Waals surface area contributed by atoms with E-state index >= 15 is 0 Å². The molecule has 0 aromatic rings. The van der Waals surface area contributed by atoms with Gasteiger partial charge in [0.15, 0.2) is 0 Å². The molecule has 3 N–H and O–H groups in total. The standard InChI is InChI=1S/C8H12N4O4/c1-3(6(13)16-2)12-5-4(10-8(12)15)9-7(14)11-5/h3-5H,1-2H3,(H,10,15)(H2,9,11,14). The first kappa shape index (κ1) is 10.5. The fourth-order valence-electron chi connectivity index (χ4n) is 1.86. The van der Waals surface area contributed by atoms with E-state index in [0.29, 0.717) is 0 Å². The van der Waals surface area contributed by atoms with Gasteiger partial charge in [-0.05, 0) is 6.92 Å². The van der Waals surface area contributed by atoms with Crippen molar-refractivity contribution in [3.8, 4) is 0 Å². The third kappa shape index (κ3) is 1.42. The lowest BCUT2D eigenvalue weighted by atomic mass is 10.2. The van der Waals surface area contributed by atoms with Gasteiger partial charge in [-0.2, -0.15) is 0 Å². The number of hydrogen-bond donors (Lipinski definition) is 3. The van der Waals surface area contributed by atoms with Gasteiger partial charge in [0.05, 0.1) is 7.11 Å². The summed E-state index contributed by atoms with van der Waals surface area (Å²) in [6.45, 7) is 1.54. The highest BCUT2D eigenvalue weighted by Gasteiger charge is 2.48. The Hall–Kier alpha value is -1.99. The number of methoxy groups -OCH3 is 1. The second-order valence-corrected chi connectivity index (χ2v) is 3.60. The lowest BCUT2D eigenvalue weighted by Crippen LogP contribution is -2.51. The topological polar surface area (TPSA) is 99.8 Å². The van der Waals surface area contributed by atoms with E-state index in [9.17, 15) is 14.4 Å². The molecule has 2 aliphatic rings. The second kappa shape index (κ2) is 3.54. The maximum Gasteiger partial charge on any atom is 0.328 e. The molecule has 0 aliphatic carbocycles. The van der Waals surface area contributed by atoms with Gasteiger partial charge in [-0.25, -0.2) is 14.4 Å². The molecule has 8 nitrogen and oxygen atoms in total. The summed E-state index contributed by atoms with van der Waals surface area (Å²) in [5, 5.41) is 7.59. The van der Waals surface area contributed by atoms with Crippen LogP contribution in [0.25, 0.3) is 0 Å². The summed E-state index contributed by atoms with van der Waals surface area (Å²) in [6, 6.07) is -1.54. The largest absolute Gasteiger partial charge is 0.467 e. The minimum absolute atomic E-state index is 0.378. The molecule has 88 valence electrons. The van der Waals surface area contributed by atoms with E-state index in [-0.39, 0.29) is 6.03 Å². The third-order valence-electron chi connectivity index (χ3n) is 2.65. The summed E-state index contributed by atoms with van der Waals surface area (Å²) in [6.07, 6.45) is -1.07. The number of esters is 1. The van der Waals surface area contributed by atoms with Crippen LogP contribution in [0.5, 0.6) is 0 Å². The maximum atomic E-state index is 11.6. The monoisotopic (exact) mass is 228 g/mol. The van der Waals surface area contributed by atoms with Crippen LogP contribution in [0.3, 0.4) is 0 Å². The van der Waals surface area contributed by atoms with E-state index in [2.05, 4.69) is 20.7 Å². The van der Waals surface area contributed by atoms with Crippen molar-refractivity contribution in [3.63, 3.8) is 0 Å². The zero-order valence-electron chi connectivity index (χ0n) is 8.81. The zero-order valence-corrected chi connectivity index (χ0v) is 8.81. The Morgan fingerprint density at radius 3 is 2.69 bits per heavy atom. The molecule has 4 amide bonds. The van der Waals surface area contributed by atoms with E-state index < -0.39 is 30.4 Å². The van der Waals surface area contributed by atoms with E-state index in [0.717, 1.165) is 0 Å². The van der Waals surface area contributed by atoms with Crippen LogP contribution in [0.2, 0.25) is 0 Å². The smallest absolute Gasteiger partial charge is 0.328 e. The van der Waals surface area contributed by atoms with Crippen LogP contribution >= 0.6 is 0 Å². The summed E-state index contributed by atoms with van der Waals surface area (Å²) >= 11 is 0. The van der Waals surface area contributed by atoms with Crippen molar-refractivity contribution in [3.05, 3.63) is 0 Å². The molecule has 2 aliphatic heterocycles. The molecule has 0 saturated carbocycles. The number of carbonyl (C=O) groups is 3. The van der Waals surface area contributed by atoms with Crippen LogP contribution < -0.4 is 16.0 Å². The molecule has 8 heteroatoms. The number of nitrogens with zero attached hydrogens (tertiary/aromatic N) is 1. The van der Waals surface area contributed by atoms with Gasteiger partial charge in [0.2, 0.25) is 0 Å². The Morgan fingerprint density at radius 2 is 2.06 bits per heavy atom. The van der Waals surface area contributed by atoms with Crippen molar-refractivity contribution < 1.29 is 19.1 Å². The number of rotatable bonds is 2. The minimum atomic E-state index is -0.750. The van der Waals surface area contributed by atoms with E-state index in [1.165, 1.54) is 18.9 Å². The number of amides is 4. The van der Waals surface area contributed by atoms with Crippen LogP contribution in [0.15, 0.2) is 0 Å². The molecule has 2 fully saturated rings. The highest BCUT2D eigenvalue weighted by molar-refractivity contribution is 5.88. The lowest BCUT2D eigenvalue weighted by molar-refractivity contribution is -0.145. The number of nitrogens with one attached hydrogen (secondary N) is 3. The van der Waals surface area contributed by atoms with Crippen LogP contribution in [-0.4, -0.2) is 48.4 Å². The predicted octanol–water partition coefficient (Wildman–Crippen LogP) is -1.46. The van der Waals surface area contributed by atoms with Crippen molar-refractivity contribution in [2.45, 2.75) is 25.3 Å². The Morgan fingerprint density at radius 1 is 1.38 bits per heavy atom. The molecular weight excluding hydrogens is 216 g/mol. The van der Waals surface area contributed by atoms with E-state index in [4.69, 9.17) is 0 Å². The number of hydrogen-bond acceptors (Lipinski definition) is 4. The van der Waals surface area contributed by atoms with Crippen LogP contribution in [0.1, 0.15) is 6.92 Å². The summed E-state index contributed by atoms with van der Waals surface area (Å²) in [5.41, 5.74) is 0. The quantitative estimate of drug-likeness (QED) is 0.503. The van der Waals surface area contributed by atoms with Gasteiger partial charge in [0.25, 0.3) is 0 Å². The van der Waals surface area contributed by atoms with Gasteiger partial charge in [0, 0.05) is 0 Å². The van der Waals surface area contributed by atoms with Gasteiger partial charge in [-0.15, -0.1) is 0 Å². The zero-order chi connectivity index (χ0) is 11.9. The first-order valence-electron chi connectivity index (χ1n) is 4.78. The Labute approximate surface area is 91.3 Å². The highest BCUT2D eigenvalue weighted by atomic mass is 16.5. The van der Waals surface area contributed by atoms with Gasteiger partial charge >= 0.3 is 18.0 Å². The number of carbonyl (C=O) groups excluding carboxylic acids is 3. The molecular formula is C8H12N4O4. The van der Waals surface area contributed by atoms with Gasteiger partial charge < -0.3 is 20.7 Å². The SMILES string of the molecule is COC(=O)C(C)N1C(=O)NC2NC(=O)NC21. The van der Waals surface area contributed by atoms with Crippen molar-refractivity contribution in [2.24, 2.45) is 0 Å². The average Bonchev–Trinajstić information content (AvgIpc) is 2.70. The summed E-state index contributed by atoms with van der Waals surface area (Å²) in [7, 11) is 1.25. The fraction of sp³-hybridized carbons (Fsp3) is 0.625. The molecule has 0 bridgehead atoms. The highest BCUT2D eigenvalue weighted by Crippen LogP contribution is 2.17. The number of ether oxygens (including phenoxy) is 1. The average molecular weight is 228 g/mol. The maximum absolute atomic E-state index is 11.6. The molecule has 3 atom stereocenters. The molecule has 0 spiro atoms. The molecule has 2 heterocycles. The van der Waals surface area contributed by atoms with Crippen LogP contribution in [-0.2, 0) is 9.53 Å². The van der Waals surface area contributed by atoms with Crippen molar-refractivity contribution in [1.29, 1.82) is 0 Å². The minimum Gasteiger partial charge on any atom is -0.467 e. The molecule has 2 rings (SSSR count). The molecule has 0 aromatic carbocycles. The lowest BCUT2D eigenvalue weighted by Gasteiger charge is -2.25. The number of fused-ring (bicyclic) bond motifs is 1. The number of urea groups is 2. The van der Waals surface area contributed by atoms with Gasteiger partial charge in [-0.1, -0.05) is 0 Å². The first-order chi connectivity index (χ1) is 7.54. The molecule has 0 radical (unpaired) electrons. The van der Waals surface area contributed by atoms with E-state index in [1.807, 2.05) is 0 Å². The van der Waals surface area contributed by atoms with Crippen molar-refractivity contribution in [2.75, 3.05) is 7.11 Å². The Kier molecular flexibility index (Phi) is 2.33. The normalized spacial score (nSPS) is 29.0. The molecule has 0 aromatic heterocycles. The third-order valence-corrected chi connectivity index (χ3v) is 2.65. The molecule has 16 heavy (non-hydrogen) atoms. The second-order valence-electron chi connectivity index (χ2n) is 3.60. The fourth-order valence-corrected chi connectivity index (χ4v) is 1.86. The molecule has 3 unspecified atom stereocenters. The van der Waals surface area contributed by atoms with Crippen molar-refractivity contribution >= 4 is 18.0 Å². The summed E-state index contributed by atoms with van der Waals surface area (Å²) in [5.74, 6) is -0.531. The van der Waals surface area contributed by atoms with Gasteiger partial charge in [0.1, 0.15) is 18.4 Å². The Balaban J connectivity index is 2.17. The summed E-state index contributed by atoms with van der Waals surface area (Å²) in [4.78, 5) is 35.2.